The standard InChI is InChI=1S/C13H12FNO/c1-2-10-4-3-9-15-13(10)16-12-7-5-11(14)6-8-12/h3-9H,2H2,1H3. The van der Waals surface area contributed by atoms with Crippen LogP contribution in [0.5, 0.6) is 11.6 Å². The molecule has 0 amide bonds. The van der Waals surface area contributed by atoms with Gasteiger partial charge in [-0.25, -0.2) is 9.37 Å². The minimum Gasteiger partial charge on any atom is -0.439 e. The summed E-state index contributed by atoms with van der Waals surface area (Å²) in [6.07, 6.45) is 2.53. The first-order chi connectivity index (χ1) is 7.79. The van der Waals surface area contributed by atoms with E-state index in [0.717, 1.165) is 12.0 Å². The molecule has 0 saturated carbocycles. The predicted octanol–water partition coefficient (Wildman–Crippen LogP) is 3.58. The van der Waals surface area contributed by atoms with E-state index >= 15 is 0 Å². The molecule has 0 aliphatic heterocycles. The normalized spacial score (nSPS) is 10.1. The van der Waals surface area contributed by atoms with Gasteiger partial charge < -0.3 is 4.74 Å². The van der Waals surface area contributed by atoms with E-state index in [4.69, 9.17) is 4.74 Å². The van der Waals surface area contributed by atoms with Crippen molar-refractivity contribution in [3.05, 3.63) is 54.0 Å². The quantitative estimate of drug-likeness (QED) is 0.784. The smallest absolute Gasteiger partial charge is 0.222 e. The van der Waals surface area contributed by atoms with Crippen LogP contribution in [0.2, 0.25) is 0 Å². The van der Waals surface area contributed by atoms with Gasteiger partial charge in [0.2, 0.25) is 5.88 Å². The first-order valence-corrected chi connectivity index (χ1v) is 5.17. The summed E-state index contributed by atoms with van der Waals surface area (Å²) in [6.45, 7) is 2.04. The Morgan fingerprint density at radius 2 is 1.94 bits per heavy atom. The van der Waals surface area contributed by atoms with Crippen molar-refractivity contribution < 1.29 is 9.13 Å². The third-order valence-corrected chi connectivity index (χ3v) is 2.26. The van der Waals surface area contributed by atoms with Gasteiger partial charge in [-0.15, -0.1) is 0 Å². The fourth-order valence-corrected chi connectivity index (χ4v) is 1.40. The first-order valence-electron chi connectivity index (χ1n) is 5.17. The lowest BCUT2D eigenvalue weighted by Gasteiger charge is -2.07. The number of hydrogen-bond acceptors (Lipinski definition) is 2. The van der Waals surface area contributed by atoms with E-state index in [0.29, 0.717) is 11.6 Å². The molecule has 0 aliphatic carbocycles. The zero-order chi connectivity index (χ0) is 11.4. The summed E-state index contributed by atoms with van der Waals surface area (Å²) in [5, 5.41) is 0. The number of aryl methyl sites for hydroxylation is 1. The Hall–Kier alpha value is -1.90. The molecule has 0 atom stereocenters. The molecule has 1 aromatic heterocycles. The molecule has 0 N–H and O–H groups in total. The SMILES string of the molecule is CCc1cccnc1Oc1ccc(F)cc1. The summed E-state index contributed by atoms with van der Waals surface area (Å²) in [6, 6.07) is 9.74. The maximum atomic E-state index is 12.7. The van der Waals surface area contributed by atoms with E-state index in [-0.39, 0.29) is 5.82 Å². The topological polar surface area (TPSA) is 22.1 Å². The van der Waals surface area contributed by atoms with Crippen LogP contribution in [0.25, 0.3) is 0 Å². The third kappa shape index (κ3) is 2.37. The van der Waals surface area contributed by atoms with Gasteiger partial charge in [-0.05, 0) is 36.8 Å². The third-order valence-electron chi connectivity index (χ3n) is 2.26. The Labute approximate surface area is 93.7 Å². The first kappa shape index (κ1) is 10.6. The number of benzene rings is 1. The molecule has 1 heterocycles. The largest absolute Gasteiger partial charge is 0.439 e. The Bertz CT molecular complexity index is 468. The minimum absolute atomic E-state index is 0.274. The van der Waals surface area contributed by atoms with Crippen molar-refractivity contribution in [1.29, 1.82) is 0 Å². The van der Waals surface area contributed by atoms with Crippen LogP contribution in [0, 0.1) is 5.82 Å². The Morgan fingerprint density at radius 1 is 1.19 bits per heavy atom. The van der Waals surface area contributed by atoms with Crippen molar-refractivity contribution in [2.24, 2.45) is 0 Å². The summed E-state index contributed by atoms with van der Waals surface area (Å²) < 4.78 is 18.3. The second-order valence-electron chi connectivity index (χ2n) is 3.38. The van der Waals surface area contributed by atoms with Gasteiger partial charge in [-0.3, -0.25) is 0 Å². The number of halogens is 1. The molecule has 16 heavy (non-hydrogen) atoms. The van der Waals surface area contributed by atoms with Crippen molar-refractivity contribution in [3.8, 4) is 11.6 Å². The van der Waals surface area contributed by atoms with Crippen molar-refractivity contribution in [2.75, 3.05) is 0 Å². The molecule has 2 aromatic rings. The van der Waals surface area contributed by atoms with Crippen LogP contribution in [0.15, 0.2) is 42.6 Å². The number of pyridine rings is 1. The number of aromatic nitrogens is 1. The van der Waals surface area contributed by atoms with Gasteiger partial charge >= 0.3 is 0 Å². The Morgan fingerprint density at radius 3 is 2.62 bits per heavy atom. The van der Waals surface area contributed by atoms with Gasteiger partial charge in [0.25, 0.3) is 0 Å². The van der Waals surface area contributed by atoms with Gasteiger partial charge in [0.05, 0.1) is 0 Å². The van der Waals surface area contributed by atoms with Gasteiger partial charge in [0, 0.05) is 11.8 Å². The van der Waals surface area contributed by atoms with Crippen LogP contribution < -0.4 is 4.74 Å². The number of ether oxygens (including phenoxy) is 1. The molecule has 0 bridgehead atoms. The van der Waals surface area contributed by atoms with Crippen LogP contribution in [0.4, 0.5) is 4.39 Å². The Balaban J connectivity index is 2.23. The zero-order valence-corrected chi connectivity index (χ0v) is 8.98. The molecule has 0 spiro atoms. The van der Waals surface area contributed by atoms with Crippen LogP contribution in [-0.2, 0) is 6.42 Å². The second kappa shape index (κ2) is 4.75. The summed E-state index contributed by atoms with van der Waals surface area (Å²) in [5.41, 5.74) is 1.03. The van der Waals surface area contributed by atoms with Gasteiger partial charge in [-0.2, -0.15) is 0 Å². The average molecular weight is 217 g/mol. The summed E-state index contributed by atoms with van der Waals surface area (Å²) in [7, 11) is 0. The van der Waals surface area contributed by atoms with E-state index in [2.05, 4.69) is 4.98 Å². The molecule has 0 saturated heterocycles. The molecule has 0 radical (unpaired) electrons. The monoisotopic (exact) mass is 217 g/mol. The van der Waals surface area contributed by atoms with Gasteiger partial charge in [0.1, 0.15) is 11.6 Å². The molecule has 1 aromatic carbocycles. The molecule has 82 valence electrons. The lowest BCUT2D eigenvalue weighted by Crippen LogP contribution is -1.93. The summed E-state index contributed by atoms with van der Waals surface area (Å²) in [4.78, 5) is 4.15. The van der Waals surface area contributed by atoms with E-state index in [1.807, 2.05) is 19.1 Å². The van der Waals surface area contributed by atoms with E-state index < -0.39 is 0 Å². The molecule has 0 fully saturated rings. The number of rotatable bonds is 3. The van der Waals surface area contributed by atoms with Crippen LogP contribution >= 0.6 is 0 Å². The maximum absolute atomic E-state index is 12.7. The van der Waals surface area contributed by atoms with E-state index in [1.54, 1.807) is 18.3 Å². The fourth-order valence-electron chi connectivity index (χ4n) is 1.40. The lowest BCUT2D eigenvalue weighted by atomic mass is 10.2. The molecule has 2 nitrogen and oxygen atoms in total. The molecule has 0 unspecified atom stereocenters. The van der Waals surface area contributed by atoms with Gasteiger partial charge in [-0.1, -0.05) is 13.0 Å². The molecular weight excluding hydrogens is 205 g/mol. The summed E-state index contributed by atoms with van der Waals surface area (Å²) in [5.74, 6) is 0.899. The predicted molar refractivity (Wildman–Crippen MR) is 60.1 cm³/mol. The minimum atomic E-state index is -0.274. The zero-order valence-electron chi connectivity index (χ0n) is 8.98. The van der Waals surface area contributed by atoms with Crippen molar-refractivity contribution in [1.82, 2.24) is 4.98 Å². The highest BCUT2D eigenvalue weighted by Gasteiger charge is 2.03. The number of hydrogen-bond donors (Lipinski definition) is 0. The highest BCUT2D eigenvalue weighted by molar-refractivity contribution is 5.32. The van der Waals surface area contributed by atoms with Crippen LogP contribution in [0.1, 0.15) is 12.5 Å². The van der Waals surface area contributed by atoms with Crippen molar-refractivity contribution in [2.45, 2.75) is 13.3 Å². The molecule has 0 aliphatic rings. The van der Waals surface area contributed by atoms with E-state index in [9.17, 15) is 4.39 Å². The highest BCUT2D eigenvalue weighted by Crippen LogP contribution is 2.23. The van der Waals surface area contributed by atoms with Crippen LogP contribution in [-0.4, -0.2) is 4.98 Å². The van der Waals surface area contributed by atoms with Gasteiger partial charge in [0.15, 0.2) is 0 Å². The van der Waals surface area contributed by atoms with Crippen molar-refractivity contribution in [3.63, 3.8) is 0 Å². The van der Waals surface area contributed by atoms with Crippen LogP contribution in [0.3, 0.4) is 0 Å². The lowest BCUT2D eigenvalue weighted by molar-refractivity contribution is 0.455. The second-order valence-corrected chi connectivity index (χ2v) is 3.38. The molecular formula is C13H12FNO. The summed E-state index contributed by atoms with van der Waals surface area (Å²) >= 11 is 0. The van der Waals surface area contributed by atoms with Crippen molar-refractivity contribution >= 4 is 0 Å². The fraction of sp³-hybridized carbons (Fsp3) is 0.154. The molecule has 2 rings (SSSR count). The average Bonchev–Trinajstić information content (AvgIpc) is 2.33. The maximum Gasteiger partial charge on any atom is 0.222 e. The molecule has 3 heteroatoms. The van der Waals surface area contributed by atoms with E-state index in [1.165, 1.54) is 12.1 Å². The Kier molecular flexibility index (Phi) is 3.15. The highest BCUT2D eigenvalue weighted by atomic mass is 19.1. The number of nitrogens with zero attached hydrogens (tertiary/aromatic N) is 1.